The molecule has 3 aromatic heterocycles. The van der Waals surface area contributed by atoms with Crippen molar-refractivity contribution in [1.29, 1.82) is 5.41 Å². The molecule has 1 atom stereocenters. The minimum Gasteiger partial charge on any atom is -0.341 e. The topological polar surface area (TPSA) is 88.5 Å². The third-order valence-electron chi connectivity index (χ3n) is 5.87. The number of anilines is 1. The molecular formula is C20H24N8. The molecule has 28 heavy (non-hydrogen) atoms. The SMILES string of the molecule is CC[C@@H]1c2nnc(C)n2-c2cnc(-n3ccc(=N)cc3)nc2N1C1CCCC1. The summed E-state index contributed by atoms with van der Waals surface area (Å²) in [5.74, 6) is 3.43. The zero-order valence-electron chi connectivity index (χ0n) is 16.2. The standard InChI is InChI=1S/C20H24N8/c1-3-16-19-25-24-13(2)27(19)17-12-22-20(26-10-8-14(21)9-11-26)23-18(17)28(16)15-6-4-5-7-15/h8-12,15-16,21H,3-7H2,1-2H3/t16-/m1/s1. The van der Waals surface area contributed by atoms with E-state index in [1.165, 1.54) is 25.7 Å². The molecule has 0 amide bonds. The molecule has 2 aliphatic rings. The summed E-state index contributed by atoms with van der Waals surface area (Å²) in [6, 6.07) is 4.13. The van der Waals surface area contributed by atoms with Crippen LogP contribution in [0, 0.1) is 12.3 Å². The maximum Gasteiger partial charge on any atom is 0.235 e. The highest BCUT2D eigenvalue weighted by molar-refractivity contribution is 5.63. The fourth-order valence-electron chi connectivity index (χ4n) is 4.54. The molecule has 1 N–H and O–H groups in total. The van der Waals surface area contributed by atoms with Crippen LogP contribution in [0.15, 0.2) is 30.7 Å². The van der Waals surface area contributed by atoms with E-state index in [1.54, 1.807) is 12.1 Å². The van der Waals surface area contributed by atoms with Crippen LogP contribution in [0.2, 0.25) is 0 Å². The molecule has 0 bridgehead atoms. The maximum atomic E-state index is 7.71. The van der Waals surface area contributed by atoms with Crippen molar-refractivity contribution in [1.82, 2.24) is 29.3 Å². The molecule has 0 unspecified atom stereocenters. The molecule has 0 aromatic carbocycles. The molecule has 5 rings (SSSR count). The summed E-state index contributed by atoms with van der Waals surface area (Å²) < 4.78 is 3.97. The summed E-state index contributed by atoms with van der Waals surface area (Å²) in [5, 5.41) is 17.0. The zero-order valence-corrected chi connectivity index (χ0v) is 16.2. The van der Waals surface area contributed by atoms with Gasteiger partial charge in [0.2, 0.25) is 5.95 Å². The average Bonchev–Trinajstić information content (AvgIpc) is 3.37. The van der Waals surface area contributed by atoms with E-state index in [0.29, 0.717) is 17.3 Å². The molecule has 4 heterocycles. The monoisotopic (exact) mass is 376 g/mol. The third kappa shape index (κ3) is 2.55. The Morgan fingerprint density at radius 3 is 2.61 bits per heavy atom. The number of rotatable bonds is 3. The second kappa shape index (κ2) is 6.54. The number of fused-ring (bicyclic) bond motifs is 3. The van der Waals surface area contributed by atoms with Gasteiger partial charge in [-0.05, 0) is 38.3 Å². The van der Waals surface area contributed by atoms with Crippen molar-refractivity contribution in [2.75, 3.05) is 4.90 Å². The first-order chi connectivity index (χ1) is 13.7. The predicted octanol–water partition coefficient (Wildman–Crippen LogP) is 2.85. The smallest absolute Gasteiger partial charge is 0.235 e. The summed E-state index contributed by atoms with van der Waals surface area (Å²) in [6.07, 6.45) is 11.4. The van der Waals surface area contributed by atoms with Gasteiger partial charge < -0.3 is 10.3 Å². The minimum atomic E-state index is 0.167. The zero-order chi connectivity index (χ0) is 19.3. The van der Waals surface area contributed by atoms with Crippen LogP contribution in [-0.4, -0.2) is 35.3 Å². The summed E-state index contributed by atoms with van der Waals surface area (Å²) in [6.45, 7) is 4.18. The van der Waals surface area contributed by atoms with Gasteiger partial charge in [0, 0.05) is 18.4 Å². The highest BCUT2D eigenvalue weighted by atomic mass is 15.4. The lowest BCUT2D eigenvalue weighted by molar-refractivity contribution is 0.467. The second-order valence-corrected chi connectivity index (χ2v) is 7.58. The predicted molar refractivity (Wildman–Crippen MR) is 105 cm³/mol. The molecule has 144 valence electrons. The summed E-state index contributed by atoms with van der Waals surface area (Å²) in [7, 11) is 0. The van der Waals surface area contributed by atoms with E-state index >= 15 is 0 Å². The van der Waals surface area contributed by atoms with Crippen LogP contribution < -0.4 is 10.3 Å². The Labute approximate surface area is 163 Å². The van der Waals surface area contributed by atoms with Gasteiger partial charge in [-0.1, -0.05) is 19.8 Å². The normalized spacial score (nSPS) is 18.9. The fourth-order valence-corrected chi connectivity index (χ4v) is 4.54. The Morgan fingerprint density at radius 2 is 1.89 bits per heavy atom. The Hall–Kier alpha value is -3.03. The van der Waals surface area contributed by atoms with Crippen LogP contribution in [0.3, 0.4) is 0 Å². The quantitative estimate of drug-likeness (QED) is 0.759. The summed E-state index contributed by atoms with van der Waals surface area (Å²) >= 11 is 0. The summed E-state index contributed by atoms with van der Waals surface area (Å²) in [5.41, 5.74) is 0.954. The molecule has 0 saturated heterocycles. The molecule has 1 saturated carbocycles. The van der Waals surface area contributed by atoms with E-state index in [4.69, 9.17) is 10.4 Å². The molecule has 8 nitrogen and oxygen atoms in total. The van der Waals surface area contributed by atoms with Crippen molar-refractivity contribution in [3.63, 3.8) is 0 Å². The van der Waals surface area contributed by atoms with Crippen LogP contribution in [0.5, 0.6) is 0 Å². The number of aryl methyl sites for hydroxylation is 1. The van der Waals surface area contributed by atoms with E-state index in [-0.39, 0.29) is 6.04 Å². The third-order valence-corrected chi connectivity index (χ3v) is 5.87. The van der Waals surface area contributed by atoms with E-state index in [1.807, 2.05) is 30.1 Å². The number of hydrogen-bond donors (Lipinski definition) is 1. The van der Waals surface area contributed by atoms with Crippen molar-refractivity contribution >= 4 is 5.82 Å². The van der Waals surface area contributed by atoms with Crippen LogP contribution in [0.4, 0.5) is 5.82 Å². The van der Waals surface area contributed by atoms with Gasteiger partial charge in [0.1, 0.15) is 11.5 Å². The molecule has 1 aliphatic heterocycles. The largest absolute Gasteiger partial charge is 0.341 e. The van der Waals surface area contributed by atoms with Gasteiger partial charge in [0.15, 0.2) is 11.6 Å². The molecular weight excluding hydrogens is 352 g/mol. The first-order valence-electron chi connectivity index (χ1n) is 9.98. The number of nitrogens with one attached hydrogen (secondary N) is 1. The van der Waals surface area contributed by atoms with E-state index < -0.39 is 0 Å². The Kier molecular flexibility index (Phi) is 3.99. The maximum absolute atomic E-state index is 7.71. The van der Waals surface area contributed by atoms with Gasteiger partial charge in [0.25, 0.3) is 0 Å². The molecule has 0 spiro atoms. The second-order valence-electron chi connectivity index (χ2n) is 7.58. The van der Waals surface area contributed by atoms with Gasteiger partial charge in [-0.2, -0.15) is 4.98 Å². The van der Waals surface area contributed by atoms with Crippen LogP contribution >= 0.6 is 0 Å². The van der Waals surface area contributed by atoms with Crippen molar-refractivity contribution in [3.8, 4) is 11.6 Å². The molecule has 3 aromatic rings. The minimum absolute atomic E-state index is 0.167. The number of pyridine rings is 1. The van der Waals surface area contributed by atoms with E-state index in [9.17, 15) is 0 Å². The van der Waals surface area contributed by atoms with E-state index in [0.717, 1.165) is 29.6 Å². The van der Waals surface area contributed by atoms with Gasteiger partial charge in [-0.3, -0.25) is 9.13 Å². The number of aromatic nitrogens is 6. The first-order valence-corrected chi connectivity index (χ1v) is 9.98. The first kappa shape index (κ1) is 17.1. The van der Waals surface area contributed by atoms with Gasteiger partial charge in [-0.15, -0.1) is 10.2 Å². The average molecular weight is 376 g/mol. The van der Waals surface area contributed by atoms with Gasteiger partial charge >= 0.3 is 0 Å². The Balaban J connectivity index is 1.71. The van der Waals surface area contributed by atoms with Crippen LogP contribution in [0.25, 0.3) is 11.6 Å². The van der Waals surface area contributed by atoms with Crippen molar-refractivity contribution in [2.24, 2.45) is 0 Å². The van der Waals surface area contributed by atoms with Gasteiger partial charge in [-0.25, -0.2) is 4.98 Å². The highest BCUT2D eigenvalue weighted by Crippen LogP contribution is 2.43. The van der Waals surface area contributed by atoms with E-state index in [2.05, 4.69) is 31.6 Å². The summed E-state index contributed by atoms with van der Waals surface area (Å²) in [4.78, 5) is 12.1. The van der Waals surface area contributed by atoms with Crippen LogP contribution in [-0.2, 0) is 0 Å². The lowest BCUT2D eigenvalue weighted by Gasteiger charge is -2.41. The number of hydrogen-bond acceptors (Lipinski definition) is 6. The molecule has 8 heteroatoms. The lowest BCUT2D eigenvalue weighted by Crippen LogP contribution is -2.42. The van der Waals surface area contributed by atoms with Crippen molar-refractivity contribution in [3.05, 3.63) is 47.7 Å². The lowest BCUT2D eigenvalue weighted by atomic mass is 10.0. The fraction of sp³-hybridized carbons (Fsp3) is 0.450. The molecule has 0 radical (unpaired) electrons. The molecule has 1 fully saturated rings. The van der Waals surface area contributed by atoms with Gasteiger partial charge in [0.05, 0.1) is 17.6 Å². The van der Waals surface area contributed by atoms with Crippen molar-refractivity contribution < 1.29 is 0 Å². The van der Waals surface area contributed by atoms with Crippen LogP contribution in [0.1, 0.15) is 56.7 Å². The highest BCUT2D eigenvalue weighted by Gasteiger charge is 2.39. The molecule has 1 aliphatic carbocycles. The van der Waals surface area contributed by atoms with Crippen molar-refractivity contribution in [2.45, 2.75) is 58.0 Å². The Bertz CT molecular complexity index is 1060. The number of nitrogens with zero attached hydrogens (tertiary/aromatic N) is 7. The Morgan fingerprint density at radius 1 is 1.14 bits per heavy atom.